The Hall–Kier alpha value is -0.920. The summed E-state index contributed by atoms with van der Waals surface area (Å²) in [6.07, 6.45) is 0.715. The van der Waals surface area contributed by atoms with Gasteiger partial charge in [0.1, 0.15) is 11.6 Å². The van der Waals surface area contributed by atoms with Crippen LogP contribution in [0.4, 0.5) is 8.78 Å². The summed E-state index contributed by atoms with van der Waals surface area (Å²) in [5, 5.41) is 6.54. The molecule has 0 bridgehead atoms. The Labute approximate surface area is 148 Å². The van der Waals surface area contributed by atoms with Crippen LogP contribution in [0.1, 0.15) is 45.6 Å². The van der Waals surface area contributed by atoms with Crippen molar-refractivity contribution >= 4 is 29.9 Å². The molecule has 0 radical (unpaired) electrons. The Morgan fingerprint density at radius 2 is 1.86 bits per heavy atom. The van der Waals surface area contributed by atoms with Crippen molar-refractivity contribution in [3.63, 3.8) is 0 Å². The summed E-state index contributed by atoms with van der Waals surface area (Å²) in [4.78, 5) is 4.37. The van der Waals surface area contributed by atoms with Crippen LogP contribution in [-0.4, -0.2) is 24.1 Å². The van der Waals surface area contributed by atoms with Crippen molar-refractivity contribution < 1.29 is 8.78 Å². The van der Waals surface area contributed by atoms with Crippen molar-refractivity contribution in [2.45, 2.75) is 51.6 Å². The lowest BCUT2D eigenvalue weighted by Crippen LogP contribution is -2.48. The number of aliphatic imine (C=N–C) groups is 1. The highest BCUT2D eigenvalue weighted by Crippen LogP contribution is 2.43. The van der Waals surface area contributed by atoms with E-state index < -0.39 is 11.6 Å². The molecule has 1 fully saturated rings. The molecule has 2 N–H and O–H groups in total. The number of hydrogen-bond acceptors (Lipinski definition) is 1. The molecule has 2 unspecified atom stereocenters. The van der Waals surface area contributed by atoms with E-state index in [4.69, 9.17) is 0 Å². The third-order valence-electron chi connectivity index (χ3n) is 3.29. The summed E-state index contributed by atoms with van der Waals surface area (Å²) in [6.45, 7) is 8.73. The number of halogens is 3. The summed E-state index contributed by atoms with van der Waals surface area (Å²) in [6, 6.07) is 4.03. The molecule has 0 amide bonds. The molecule has 1 aromatic carbocycles. The predicted molar refractivity (Wildman–Crippen MR) is 96.9 cm³/mol. The summed E-state index contributed by atoms with van der Waals surface area (Å²) < 4.78 is 27.5. The van der Waals surface area contributed by atoms with E-state index >= 15 is 0 Å². The third kappa shape index (κ3) is 5.07. The van der Waals surface area contributed by atoms with Crippen molar-refractivity contribution in [2.24, 2.45) is 4.99 Å². The molecule has 0 aromatic heterocycles. The second-order valence-corrected chi connectivity index (χ2v) is 6.43. The summed E-state index contributed by atoms with van der Waals surface area (Å²) in [5.74, 6) is -0.381. The van der Waals surface area contributed by atoms with Gasteiger partial charge in [0.05, 0.1) is 0 Å². The number of hydrogen-bond donors (Lipinski definition) is 2. The molecule has 6 heteroatoms. The van der Waals surface area contributed by atoms with Gasteiger partial charge in [-0.25, -0.2) is 8.78 Å². The molecule has 0 aliphatic heterocycles. The van der Waals surface area contributed by atoms with Crippen LogP contribution in [0.5, 0.6) is 0 Å². The van der Waals surface area contributed by atoms with E-state index in [0.29, 0.717) is 18.9 Å². The highest BCUT2D eigenvalue weighted by Gasteiger charge is 2.42. The monoisotopic (exact) mass is 423 g/mol. The summed E-state index contributed by atoms with van der Waals surface area (Å²) >= 11 is 0. The molecule has 0 heterocycles. The minimum atomic E-state index is -0.470. The van der Waals surface area contributed by atoms with Crippen molar-refractivity contribution in [3.8, 4) is 0 Å². The van der Waals surface area contributed by atoms with E-state index in [0.717, 1.165) is 0 Å². The smallest absolute Gasteiger partial charge is 0.191 e. The standard InChI is InChI=1S/C16H23F2N3.HI/c1-5-19-15(21-16(2,3)4)20-13-9-10(13)14-11(17)7-6-8-12(14)18;/h6-8,10,13H,5,9H2,1-4H3,(H2,19,20,21);1H. The Balaban J connectivity index is 0.00000242. The highest BCUT2D eigenvalue weighted by molar-refractivity contribution is 14.0. The molecule has 1 saturated carbocycles. The van der Waals surface area contributed by atoms with Gasteiger partial charge in [-0.15, -0.1) is 24.0 Å². The lowest BCUT2D eigenvalue weighted by molar-refractivity contribution is 0.499. The zero-order valence-corrected chi connectivity index (χ0v) is 15.7. The van der Waals surface area contributed by atoms with E-state index in [1.165, 1.54) is 18.2 Å². The van der Waals surface area contributed by atoms with Crippen LogP contribution < -0.4 is 10.6 Å². The average molecular weight is 423 g/mol. The van der Waals surface area contributed by atoms with Gasteiger partial charge in [0, 0.05) is 29.6 Å². The molecule has 124 valence electrons. The van der Waals surface area contributed by atoms with Crippen molar-refractivity contribution in [1.29, 1.82) is 0 Å². The van der Waals surface area contributed by atoms with E-state index in [-0.39, 0.29) is 47.0 Å². The normalized spacial score (nSPS) is 21.1. The van der Waals surface area contributed by atoms with Gasteiger partial charge in [-0.05, 0) is 46.2 Å². The van der Waals surface area contributed by atoms with Crippen molar-refractivity contribution in [1.82, 2.24) is 10.6 Å². The molecule has 1 aliphatic carbocycles. The Bertz CT molecular complexity index is 520. The lowest BCUT2D eigenvalue weighted by atomic mass is 10.1. The van der Waals surface area contributed by atoms with E-state index in [1.54, 1.807) is 0 Å². The van der Waals surface area contributed by atoms with Crippen LogP contribution in [0.25, 0.3) is 0 Å². The molecular weight excluding hydrogens is 399 g/mol. The molecular formula is C16H24F2IN3. The molecule has 0 spiro atoms. The van der Waals surface area contributed by atoms with Gasteiger partial charge in [0.15, 0.2) is 5.96 Å². The number of nitrogens with zero attached hydrogens (tertiary/aromatic N) is 1. The first-order chi connectivity index (χ1) is 9.81. The number of guanidine groups is 1. The molecule has 1 aliphatic rings. The first kappa shape index (κ1) is 19.1. The fourth-order valence-electron chi connectivity index (χ4n) is 2.35. The predicted octanol–water partition coefficient (Wildman–Crippen LogP) is 3.79. The molecule has 2 rings (SSSR count). The van der Waals surface area contributed by atoms with Gasteiger partial charge in [-0.1, -0.05) is 6.07 Å². The fraction of sp³-hybridized carbons (Fsp3) is 0.562. The lowest BCUT2D eigenvalue weighted by Gasteiger charge is -2.24. The van der Waals surface area contributed by atoms with Crippen LogP contribution in [-0.2, 0) is 0 Å². The molecule has 1 aromatic rings. The Morgan fingerprint density at radius 1 is 1.27 bits per heavy atom. The number of rotatable bonds is 3. The van der Waals surface area contributed by atoms with Crippen molar-refractivity contribution in [2.75, 3.05) is 6.54 Å². The maximum absolute atomic E-state index is 13.8. The minimum Gasteiger partial charge on any atom is -0.353 e. The molecule has 22 heavy (non-hydrogen) atoms. The highest BCUT2D eigenvalue weighted by atomic mass is 127. The van der Waals surface area contributed by atoms with Crippen LogP contribution in [0.2, 0.25) is 0 Å². The SMILES string of the molecule is CCN=C(NC1CC1c1c(F)cccc1F)NC(C)(C)C.I. The van der Waals surface area contributed by atoms with E-state index in [9.17, 15) is 8.78 Å². The van der Waals surface area contributed by atoms with E-state index in [1.807, 2.05) is 27.7 Å². The maximum atomic E-state index is 13.8. The Kier molecular flexibility index (Phi) is 6.58. The van der Waals surface area contributed by atoms with Crippen molar-refractivity contribution in [3.05, 3.63) is 35.4 Å². The summed E-state index contributed by atoms with van der Waals surface area (Å²) in [5.41, 5.74) is 0.0656. The third-order valence-corrected chi connectivity index (χ3v) is 3.29. The van der Waals surface area contributed by atoms with Gasteiger partial charge in [0.2, 0.25) is 0 Å². The summed E-state index contributed by atoms with van der Waals surface area (Å²) in [7, 11) is 0. The molecule has 0 saturated heterocycles. The zero-order chi connectivity index (χ0) is 15.6. The second kappa shape index (κ2) is 7.57. The van der Waals surface area contributed by atoms with Crippen LogP contribution in [0.3, 0.4) is 0 Å². The van der Waals surface area contributed by atoms with Crippen LogP contribution >= 0.6 is 24.0 Å². The van der Waals surface area contributed by atoms with Gasteiger partial charge in [0.25, 0.3) is 0 Å². The topological polar surface area (TPSA) is 36.4 Å². The first-order valence-corrected chi connectivity index (χ1v) is 7.35. The Morgan fingerprint density at radius 3 is 2.36 bits per heavy atom. The molecule has 3 nitrogen and oxygen atoms in total. The average Bonchev–Trinajstić information content (AvgIpc) is 3.06. The van der Waals surface area contributed by atoms with Gasteiger partial charge >= 0.3 is 0 Å². The van der Waals surface area contributed by atoms with Gasteiger partial charge in [-0.2, -0.15) is 0 Å². The van der Waals surface area contributed by atoms with Crippen LogP contribution in [0.15, 0.2) is 23.2 Å². The van der Waals surface area contributed by atoms with Gasteiger partial charge < -0.3 is 10.6 Å². The first-order valence-electron chi connectivity index (χ1n) is 7.35. The maximum Gasteiger partial charge on any atom is 0.191 e. The van der Waals surface area contributed by atoms with E-state index in [2.05, 4.69) is 15.6 Å². The fourth-order valence-corrected chi connectivity index (χ4v) is 2.35. The quantitative estimate of drug-likeness (QED) is 0.441. The number of nitrogens with one attached hydrogen (secondary N) is 2. The zero-order valence-electron chi connectivity index (χ0n) is 13.4. The molecule has 2 atom stereocenters. The minimum absolute atomic E-state index is 0. The number of benzene rings is 1. The largest absolute Gasteiger partial charge is 0.353 e. The van der Waals surface area contributed by atoms with Gasteiger partial charge in [-0.3, -0.25) is 4.99 Å². The van der Waals surface area contributed by atoms with Crippen LogP contribution in [0, 0.1) is 11.6 Å². The second-order valence-electron chi connectivity index (χ2n) is 6.43.